The Morgan fingerprint density at radius 1 is 1.27 bits per heavy atom. The summed E-state index contributed by atoms with van der Waals surface area (Å²) >= 11 is 7.12. The van der Waals surface area contributed by atoms with Gasteiger partial charge in [0.25, 0.3) is 0 Å². The van der Waals surface area contributed by atoms with Crippen molar-refractivity contribution in [2.45, 2.75) is 28.9 Å². The van der Waals surface area contributed by atoms with Crippen LogP contribution in [0.4, 0.5) is 0 Å². The summed E-state index contributed by atoms with van der Waals surface area (Å²) in [6.07, 6.45) is 7.78. The Balaban J connectivity index is 2.05. The van der Waals surface area contributed by atoms with Crippen LogP contribution in [0, 0.1) is 11.8 Å². The average Bonchev–Trinajstić information content (AvgIpc) is 2.30. The molecular formula is C12H12Br2O. The van der Waals surface area contributed by atoms with Crippen LogP contribution in [-0.2, 0) is 4.79 Å². The fourth-order valence-corrected chi connectivity index (χ4v) is 3.95. The summed E-state index contributed by atoms with van der Waals surface area (Å²) in [7, 11) is 0. The van der Waals surface area contributed by atoms with Gasteiger partial charge in [0.1, 0.15) is 0 Å². The van der Waals surface area contributed by atoms with Gasteiger partial charge < -0.3 is 0 Å². The predicted molar refractivity (Wildman–Crippen MR) is 67.4 cm³/mol. The minimum Gasteiger partial charge on any atom is -0.293 e. The second-order valence-corrected chi connectivity index (χ2v) is 6.85. The van der Waals surface area contributed by atoms with Crippen LogP contribution >= 0.6 is 31.9 Å². The van der Waals surface area contributed by atoms with E-state index >= 15 is 0 Å². The molecule has 2 unspecified atom stereocenters. The minimum absolute atomic E-state index is 0.0590. The van der Waals surface area contributed by atoms with Gasteiger partial charge in [-0.3, -0.25) is 4.79 Å². The van der Waals surface area contributed by atoms with Gasteiger partial charge in [0.2, 0.25) is 0 Å². The topological polar surface area (TPSA) is 17.1 Å². The zero-order chi connectivity index (χ0) is 10.6. The van der Waals surface area contributed by atoms with Crippen molar-refractivity contribution < 1.29 is 4.79 Å². The SMILES string of the molecule is O=C1C2=CC(Br)CC=C2C2CC(C2)C1Br. The van der Waals surface area contributed by atoms with E-state index in [9.17, 15) is 4.79 Å². The fraction of sp³-hybridized carbons (Fsp3) is 0.583. The first-order chi connectivity index (χ1) is 7.16. The van der Waals surface area contributed by atoms with Gasteiger partial charge in [-0.1, -0.05) is 44.0 Å². The van der Waals surface area contributed by atoms with E-state index in [4.69, 9.17) is 0 Å². The quantitative estimate of drug-likeness (QED) is 0.622. The summed E-state index contributed by atoms with van der Waals surface area (Å²) in [5.74, 6) is 1.53. The fourth-order valence-electron chi connectivity index (χ4n) is 2.82. The third-order valence-electron chi connectivity index (χ3n) is 3.77. The summed E-state index contributed by atoms with van der Waals surface area (Å²) in [5.41, 5.74) is 2.31. The van der Waals surface area contributed by atoms with Crippen molar-refractivity contribution in [2.75, 3.05) is 0 Å². The smallest absolute Gasteiger partial charge is 0.176 e. The Hall–Kier alpha value is 0.110. The lowest BCUT2D eigenvalue weighted by Gasteiger charge is -2.35. The predicted octanol–water partition coefficient (Wildman–Crippen LogP) is 3.38. The number of carbonyl (C=O) groups excluding carboxylic acids is 1. The Labute approximate surface area is 106 Å². The molecule has 0 radical (unpaired) electrons. The molecule has 4 aliphatic carbocycles. The van der Waals surface area contributed by atoms with Crippen LogP contribution in [0.5, 0.6) is 0 Å². The number of halogens is 2. The molecule has 0 aromatic heterocycles. The molecule has 3 heteroatoms. The summed E-state index contributed by atoms with van der Waals surface area (Å²) in [6.45, 7) is 0. The molecule has 4 aliphatic rings. The van der Waals surface area contributed by atoms with Crippen molar-refractivity contribution in [3.05, 3.63) is 23.3 Å². The molecule has 0 aromatic rings. The normalized spacial score (nSPS) is 43.5. The molecule has 0 aromatic carbocycles. The van der Waals surface area contributed by atoms with Gasteiger partial charge in [0.15, 0.2) is 5.78 Å². The minimum atomic E-state index is 0.0590. The first-order valence-electron chi connectivity index (χ1n) is 5.41. The number of ketones is 1. The highest BCUT2D eigenvalue weighted by atomic mass is 79.9. The van der Waals surface area contributed by atoms with E-state index in [0.29, 0.717) is 22.4 Å². The Bertz CT molecular complexity index is 377. The molecule has 0 N–H and O–H groups in total. The molecule has 2 bridgehead atoms. The zero-order valence-corrected chi connectivity index (χ0v) is 11.4. The van der Waals surface area contributed by atoms with E-state index in [0.717, 1.165) is 12.0 Å². The van der Waals surface area contributed by atoms with Crippen molar-refractivity contribution in [1.29, 1.82) is 0 Å². The van der Waals surface area contributed by atoms with E-state index in [2.05, 4.69) is 44.0 Å². The van der Waals surface area contributed by atoms with Crippen molar-refractivity contribution in [2.24, 2.45) is 11.8 Å². The maximum absolute atomic E-state index is 12.2. The van der Waals surface area contributed by atoms with Crippen molar-refractivity contribution >= 4 is 37.6 Å². The molecule has 80 valence electrons. The first kappa shape index (κ1) is 10.3. The third-order valence-corrected chi connectivity index (χ3v) is 5.57. The van der Waals surface area contributed by atoms with Crippen LogP contribution in [0.15, 0.2) is 23.3 Å². The lowest BCUT2D eigenvalue weighted by molar-refractivity contribution is -0.115. The monoisotopic (exact) mass is 330 g/mol. The van der Waals surface area contributed by atoms with Gasteiger partial charge in [0.05, 0.1) is 4.83 Å². The zero-order valence-electron chi connectivity index (χ0n) is 8.25. The second kappa shape index (κ2) is 3.56. The Morgan fingerprint density at radius 2 is 2.00 bits per heavy atom. The molecule has 4 rings (SSSR count). The molecule has 0 saturated heterocycles. The molecule has 15 heavy (non-hydrogen) atoms. The molecule has 1 nitrogen and oxygen atoms in total. The molecule has 3 saturated carbocycles. The van der Waals surface area contributed by atoms with Crippen LogP contribution in [-0.4, -0.2) is 15.4 Å². The number of alkyl halides is 2. The number of hydrogen-bond acceptors (Lipinski definition) is 1. The number of carbonyl (C=O) groups is 1. The lowest BCUT2D eigenvalue weighted by Crippen LogP contribution is -2.30. The summed E-state index contributed by atoms with van der Waals surface area (Å²) in [5, 5.41) is 0. The number of rotatable bonds is 0. The maximum atomic E-state index is 12.2. The van der Waals surface area contributed by atoms with Gasteiger partial charge in [-0.25, -0.2) is 0 Å². The van der Waals surface area contributed by atoms with Gasteiger partial charge in [-0.05, 0) is 36.7 Å². The number of Topliss-reactive ketones (excluding diaryl/α,β-unsaturated/α-hetero) is 1. The highest BCUT2D eigenvalue weighted by Gasteiger charge is 2.45. The molecule has 0 heterocycles. The Morgan fingerprint density at radius 3 is 2.73 bits per heavy atom. The lowest BCUT2D eigenvalue weighted by atomic mass is 9.71. The third kappa shape index (κ3) is 1.50. The van der Waals surface area contributed by atoms with E-state index in [1.165, 1.54) is 18.4 Å². The molecular weight excluding hydrogens is 320 g/mol. The van der Waals surface area contributed by atoms with E-state index < -0.39 is 0 Å². The van der Waals surface area contributed by atoms with Gasteiger partial charge in [-0.2, -0.15) is 0 Å². The highest BCUT2D eigenvalue weighted by molar-refractivity contribution is 9.10. The summed E-state index contributed by atoms with van der Waals surface area (Å²) in [6, 6.07) is 0. The van der Waals surface area contributed by atoms with Gasteiger partial charge >= 0.3 is 0 Å². The molecule has 0 aliphatic heterocycles. The van der Waals surface area contributed by atoms with Crippen molar-refractivity contribution in [1.82, 2.24) is 0 Å². The van der Waals surface area contributed by atoms with E-state index in [1.807, 2.05) is 0 Å². The first-order valence-corrected chi connectivity index (χ1v) is 7.24. The molecule has 0 amide bonds. The largest absolute Gasteiger partial charge is 0.293 e. The molecule has 2 atom stereocenters. The second-order valence-electron chi connectivity index (χ2n) is 4.69. The summed E-state index contributed by atoms with van der Waals surface area (Å²) < 4.78 is 0. The van der Waals surface area contributed by atoms with E-state index in [-0.39, 0.29) is 4.83 Å². The van der Waals surface area contributed by atoms with Gasteiger partial charge in [0, 0.05) is 10.4 Å². The van der Waals surface area contributed by atoms with Crippen molar-refractivity contribution in [3.8, 4) is 0 Å². The van der Waals surface area contributed by atoms with Crippen molar-refractivity contribution in [3.63, 3.8) is 0 Å². The van der Waals surface area contributed by atoms with Crippen LogP contribution in [0.2, 0.25) is 0 Å². The van der Waals surface area contributed by atoms with Crippen LogP contribution in [0.25, 0.3) is 0 Å². The number of hydrogen-bond donors (Lipinski definition) is 0. The van der Waals surface area contributed by atoms with Crippen LogP contribution in [0.3, 0.4) is 0 Å². The van der Waals surface area contributed by atoms with Crippen LogP contribution < -0.4 is 0 Å². The summed E-state index contributed by atoms with van der Waals surface area (Å²) in [4.78, 5) is 12.6. The number of fused-ring (bicyclic) bond motifs is 1. The standard InChI is InChI=1S/C12H12Br2O/c13-8-1-2-9-6-3-7(4-6)11(14)12(15)10(9)5-8/h2,5-8,11H,1,3-4H2. The van der Waals surface area contributed by atoms with E-state index in [1.54, 1.807) is 0 Å². The highest BCUT2D eigenvalue weighted by Crippen LogP contribution is 2.50. The maximum Gasteiger partial charge on any atom is 0.176 e. The number of allylic oxidation sites excluding steroid dienone is 4. The van der Waals surface area contributed by atoms with Crippen LogP contribution in [0.1, 0.15) is 19.3 Å². The van der Waals surface area contributed by atoms with Gasteiger partial charge in [-0.15, -0.1) is 0 Å². The Kier molecular flexibility index (Phi) is 2.44. The molecule has 3 fully saturated rings. The molecule has 0 spiro atoms. The average molecular weight is 332 g/mol.